The Bertz CT molecular complexity index is 938. The largest absolute Gasteiger partial charge is 0.376 e. The van der Waals surface area contributed by atoms with Crippen molar-refractivity contribution < 1.29 is 14.4 Å². The highest BCUT2D eigenvalue weighted by Gasteiger charge is 2.19. The lowest BCUT2D eigenvalue weighted by Gasteiger charge is -2.16. The highest BCUT2D eigenvalue weighted by molar-refractivity contribution is 5.98. The second kappa shape index (κ2) is 10.6. The summed E-state index contributed by atoms with van der Waals surface area (Å²) in [5.41, 5.74) is 2.38. The average molecular weight is 423 g/mol. The predicted molar refractivity (Wildman–Crippen MR) is 122 cm³/mol. The fourth-order valence-electron chi connectivity index (χ4n) is 3.40. The van der Waals surface area contributed by atoms with Crippen molar-refractivity contribution in [1.82, 2.24) is 10.2 Å². The van der Waals surface area contributed by atoms with Gasteiger partial charge in [-0.3, -0.25) is 14.4 Å². The lowest BCUT2D eigenvalue weighted by atomic mass is 10.1. The summed E-state index contributed by atoms with van der Waals surface area (Å²) in [7, 11) is 0. The van der Waals surface area contributed by atoms with E-state index in [-0.39, 0.29) is 30.3 Å². The van der Waals surface area contributed by atoms with Crippen LogP contribution in [0.3, 0.4) is 0 Å². The molecule has 1 saturated heterocycles. The van der Waals surface area contributed by atoms with Gasteiger partial charge in [0.05, 0.1) is 6.54 Å². The fourth-order valence-corrected chi connectivity index (χ4v) is 3.40. The smallest absolute Gasteiger partial charge is 0.253 e. The van der Waals surface area contributed by atoms with Crippen LogP contribution in [-0.2, 0) is 4.79 Å². The molecular formula is C24H30N4O3. The Hall–Kier alpha value is -3.35. The van der Waals surface area contributed by atoms with Gasteiger partial charge >= 0.3 is 0 Å². The number of amides is 3. The van der Waals surface area contributed by atoms with E-state index in [0.29, 0.717) is 22.5 Å². The van der Waals surface area contributed by atoms with Crippen LogP contribution < -0.4 is 16.0 Å². The van der Waals surface area contributed by atoms with Crippen molar-refractivity contribution in [2.24, 2.45) is 0 Å². The molecule has 1 aliphatic rings. The Morgan fingerprint density at radius 3 is 2.32 bits per heavy atom. The van der Waals surface area contributed by atoms with Crippen molar-refractivity contribution in [3.63, 3.8) is 0 Å². The number of rotatable bonds is 8. The summed E-state index contributed by atoms with van der Waals surface area (Å²) in [6.45, 7) is 5.60. The first-order valence-corrected chi connectivity index (χ1v) is 10.8. The minimum atomic E-state index is -0.240. The first-order valence-electron chi connectivity index (χ1n) is 10.8. The summed E-state index contributed by atoms with van der Waals surface area (Å²) < 4.78 is 0. The van der Waals surface area contributed by atoms with Gasteiger partial charge in [-0.25, -0.2) is 0 Å². The molecule has 164 valence electrons. The van der Waals surface area contributed by atoms with Crippen molar-refractivity contribution in [1.29, 1.82) is 0 Å². The Morgan fingerprint density at radius 1 is 0.968 bits per heavy atom. The van der Waals surface area contributed by atoms with Crippen LogP contribution in [0.1, 0.15) is 53.8 Å². The van der Waals surface area contributed by atoms with Gasteiger partial charge in [-0.15, -0.1) is 0 Å². The van der Waals surface area contributed by atoms with E-state index < -0.39 is 0 Å². The number of carbonyl (C=O) groups excluding carboxylic acids is 3. The van der Waals surface area contributed by atoms with E-state index in [9.17, 15) is 14.4 Å². The molecule has 1 aliphatic heterocycles. The van der Waals surface area contributed by atoms with Crippen LogP contribution in [0, 0.1) is 0 Å². The molecule has 0 aliphatic carbocycles. The summed E-state index contributed by atoms with van der Waals surface area (Å²) in [6, 6.07) is 14.1. The Morgan fingerprint density at radius 2 is 1.61 bits per heavy atom. The Kier molecular flexibility index (Phi) is 7.65. The van der Waals surface area contributed by atoms with Crippen LogP contribution >= 0.6 is 0 Å². The van der Waals surface area contributed by atoms with Gasteiger partial charge in [0.2, 0.25) is 5.91 Å². The van der Waals surface area contributed by atoms with Crippen LogP contribution in [0.5, 0.6) is 0 Å². The first-order chi connectivity index (χ1) is 15.0. The zero-order valence-corrected chi connectivity index (χ0v) is 18.1. The monoisotopic (exact) mass is 422 g/mol. The van der Waals surface area contributed by atoms with Gasteiger partial charge in [-0.05, 0) is 62.6 Å². The number of benzene rings is 2. The van der Waals surface area contributed by atoms with Crippen molar-refractivity contribution >= 4 is 29.1 Å². The number of likely N-dealkylation sites (tertiary alicyclic amines) is 1. The quantitative estimate of drug-likeness (QED) is 0.607. The van der Waals surface area contributed by atoms with Crippen LogP contribution in [0.15, 0.2) is 48.5 Å². The summed E-state index contributed by atoms with van der Waals surface area (Å²) >= 11 is 0. The third kappa shape index (κ3) is 6.31. The summed E-state index contributed by atoms with van der Waals surface area (Å²) in [5.74, 6) is -0.378. The molecule has 0 saturated carbocycles. The molecule has 2 aromatic carbocycles. The third-order valence-electron chi connectivity index (χ3n) is 5.35. The molecule has 0 aromatic heterocycles. The van der Waals surface area contributed by atoms with Crippen LogP contribution in [0.4, 0.5) is 11.4 Å². The Balaban J connectivity index is 1.55. The molecule has 3 N–H and O–H groups in total. The number of hydrogen-bond donors (Lipinski definition) is 3. The van der Waals surface area contributed by atoms with Gasteiger partial charge in [0.15, 0.2) is 0 Å². The van der Waals surface area contributed by atoms with Crippen molar-refractivity contribution in [3.05, 3.63) is 59.7 Å². The number of nitrogens with one attached hydrogen (secondary N) is 3. The third-order valence-corrected chi connectivity index (χ3v) is 5.35. The molecule has 3 rings (SSSR count). The van der Waals surface area contributed by atoms with E-state index in [2.05, 4.69) is 16.0 Å². The SMILES string of the molecule is CCC(C)NC(=O)c1cccc(NC(=O)CNc2cccc(C(=O)N3CCCC3)c2)c1. The predicted octanol–water partition coefficient (Wildman–Crippen LogP) is 3.50. The summed E-state index contributed by atoms with van der Waals surface area (Å²) in [4.78, 5) is 39.0. The fraction of sp³-hybridized carbons (Fsp3) is 0.375. The lowest BCUT2D eigenvalue weighted by molar-refractivity contribution is -0.114. The second-order valence-electron chi connectivity index (χ2n) is 7.85. The lowest BCUT2D eigenvalue weighted by Crippen LogP contribution is -2.32. The number of hydrogen-bond acceptors (Lipinski definition) is 4. The zero-order chi connectivity index (χ0) is 22.2. The molecule has 0 bridgehead atoms. The van der Waals surface area contributed by atoms with Gasteiger partial charge in [0.1, 0.15) is 0 Å². The summed E-state index contributed by atoms with van der Waals surface area (Å²) in [6.07, 6.45) is 2.94. The minimum absolute atomic E-state index is 0.0260. The number of nitrogens with zero attached hydrogens (tertiary/aromatic N) is 1. The van der Waals surface area contributed by atoms with E-state index in [0.717, 1.165) is 32.4 Å². The van der Waals surface area contributed by atoms with Crippen molar-refractivity contribution in [2.45, 2.75) is 39.2 Å². The molecule has 1 fully saturated rings. The summed E-state index contributed by atoms with van der Waals surface area (Å²) in [5, 5.41) is 8.77. The van der Waals surface area contributed by atoms with Crippen LogP contribution in [-0.4, -0.2) is 48.3 Å². The van der Waals surface area contributed by atoms with Crippen LogP contribution in [0.2, 0.25) is 0 Å². The van der Waals surface area contributed by atoms with E-state index in [1.807, 2.05) is 30.9 Å². The highest BCUT2D eigenvalue weighted by atomic mass is 16.2. The maximum Gasteiger partial charge on any atom is 0.253 e. The van der Waals surface area contributed by atoms with E-state index in [4.69, 9.17) is 0 Å². The van der Waals surface area contributed by atoms with E-state index in [1.165, 1.54) is 0 Å². The van der Waals surface area contributed by atoms with E-state index >= 15 is 0 Å². The highest BCUT2D eigenvalue weighted by Crippen LogP contribution is 2.16. The molecular weight excluding hydrogens is 392 g/mol. The van der Waals surface area contributed by atoms with Gasteiger partial charge in [0.25, 0.3) is 11.8 Å². The second-order valence-corrected chi connectivity index (χ2v) is 7.85. The topological polar surface area (TPSA) is 90.5 Å². The first kappa shape index (κ1) is 22.3. The normalized spacial score (nSPS) is 14.1. The van der Waals surface area contributed by atoms with Gasteiger partial charge in [-0.2, -0.15) is 0 Å². The molecule has 31 heavy (non-hydrogen) atoms. The van der Waals surface area contributed by atoms with Gasteiger partial charge in [0, 0.05) is 41.6 Å². The standard InChI is InChI=1S/C24H30N4O3/c1-3-17(2)26-23(30)18-8-6-11-21(14-18)27-22(29)16-25-20-10-7-9-19(15-20)24(31)28-12-4-5-13-28/h6-11,14-15,17,25H,3-5,12-13,16H2,1-2H3,(H,26,30)(H,27,29). The molecule has 3 amide bonds. The van der Waals surface area contributed by atoms with Crippen molar-refractivity contribution in [2.75, 3.05) is 30.3 Å². The average Bonchev–Trinajstić information content (AvgIpc) is 3.32. The molecule has 0 spiro atoms. The van der Waals surface area contributed by atoms with Gasteiger partial charge < -0.3 is 20.9 Å². The number of carbonyl (C=O) groups is 3. The maximum absolute atomic E-state index is 12.5. The van der Waals surface area contributed by atoms with Crippen LogP contribution in [0.25, 0.3) is 0 Å². The molecule has 2 aromatic rings. The molecule has 0 radical (unpaired) electrons. The molecule has 7 nitrogen and oxygen atoms in total. The van der Waals surface area contributed by atoms with Crippen molar-refractivity contribution in [3.8, 4) is 0 Å². The molecule has 1 heterocycles. The number of anilines is 2. The van der Waals surface area contributed by atoms with E-state index in [1.54, 1.807) is 36.4 Å². The zero-order valence-electron chi connectivity index (χ0n) is 18.1. The molecule has 7 heteroatoms. The maximum atomic E-state index is 12.5. The Labute approximate surface area is 183 Å². The van der Waals surface area contributed by atoms with Gasteiger partial charge in [-0.1, -0.05) is 19.1 Å². The molecule has 1 atom stereocenters. The molecule has 1 unspecified atom stereocenters. The minimum Gasteiger partial charge on any atom is -0.376 e.